The van der Waals surface area contributed by atoms with Crippen molar-refractivity contribution >= 4 is 23.8 Å². The third-order valence-corrected chi connectivity index (χ3v) is 4.92. The highest BCUT2D eigenvalue weighted by molar-refractivity contribution is 5.92. The minimum Gasteiger partial charge on any atom is -0.504 e. The predicted molar refractivity (Wildman–Crippen MR) is 103 cm³/mol. The Morgan fingerprint density at radius 2 is 1.87 bits per heavy atom. The molecule has 0 radical (unpaired) electrons. The number of hydrogen-bond donors (Lipinski definition) is 6. The topological polar surface area (TPSA) is 190 Å². The van der Waals surface area contributed by atoms with Crippen LogP contribution in [0.25, 0.3) is 0 Å². The second-order valence-electron chi connectivity index (χ2n) is 7.16. The predicted octanol–water partition coefficient (Wildman–Crippen LogP) is -0.607. The molecular formula is C19H25N3O8. The van der Waals surface area contributed by atoms with Crippen LogP contribution in [0.15, 0.2) is 18.2 Å². The average molecular weight is 423 g/mol. The zero-order valence-corrected chi connectivity index (χ0v) is 16.2. The van der Waals surface area contributed by atoms with Gasteiger partial charge in [0.25, 0.3) is 0 Å². The van der Waals surface area contributed by atoms with Gasteiger partial charge in [-0.1, -0.05) is 6.07 Å². The van der Waals surface area contributed by atoms with Crippen LogP contribution in [0.1, 0.15) is 31.2 Å². The molecule has 1 saturated heterocycles. The molecule has 1 aromatic carbocycles. The number of aliphatic carboxylic acids is 2. The van der Waals surface area contributed by atoms with E-state index < -0.39 is 47.6 Å². The third kappa shape index (κ3) is 5.83. The maximum atomic E-state index is 13.0. The van der Waals surface area contributed by atoms with Gasteiger partial charge in [0.15, 0.2) is 11.5 Å². The van der Waals surface area contributed by atoms with Crippen LogP contribution in [0.2, 0.25) is 0 Å². The lowest BCUT2D eigenvalue weighted by molar-refractivity contribution is -0.149. The lowest BCUT2D eigenvalue weighted by atomic mass is 10.0. The largest absolute Gasteiger partial charge is 0.504 e. The Bertz CT molecular complexity index is 828. The monoisotopic (exact) mass is 423 g/mol. The molecule has 11 nitrogen and oxygen atoms in total. The fourth-order valence-electron chi connectivity index (χ4n) is 3.31. The Morgan fingerprint density at radius 3 is 2.47 bits per heavy atom. The van der Waals surface area contributed by atoms with E-state index in [1.165, 1.54) is 23.1 Å². The summed E-state index contributed by atoms with van der Waals surface area (Å²) in [5.41, 5.74) is 6.12. The van der Waals surface area contributed by atoms with E-state index >= 15 is 0 Å². The molecule has 7 N–H and O–H groups in total. The number of amides is 2. The van der Waals surface area contributed by atoms with Gasteiger partial charge < -0.3 is 36.4 Å². The molecule has 0 saturated carbocycles. The SMILES string of the molecule is N[C@@H](CCC(=O)O)C(=O)N[C@@H](Cc1ccc(O)c(O)c1)C(=O)N1CCC[C@H]1C(=O)O. The molecule has 0 bridgehead atoms. The van der Waals surface area contributed by atoms with Crippen molar-refractivity contribution in [3.8, 4) is 11.5 Å². The van der Waals surface area contributed by atoms with E-state index in [9.17, 15) is 34.5 Å². The van der Waals surface area contributed by atoms with Gasteiger partial charge >= 0.3 is 11.9 Å². The first-order chi connectivity index (χ1) is 14.1. The number of nitrogens with two attached hydrogens (primary N) is 1. The molecule has 1 aliphatic rings. The van der Waals surface area contributed by atoms with E-state index in [4.69, 9.17) is 10.8 Å². The van der Waals surface area contributed by atoms with Gasteiger partial charge in [-0.15, -0.1) is 0 Å². The summed E-state index contributed by atoms with van der Waals surface area (Å²) in [6, 6.07) is 0.541. The summed E-state index contributed by atoms with van der Waals surface area (Å²) < 4.78 is 0. The second kappa shape index (κ2) is 9.92. The minimum absolute atomic E-state index is 0.0904. The molecule has 11 heteroatoms. The number of carbonyl (C=O) groups excluding carboxylic acids is 2. The first-order valence-electron chi connectivity index (χ1n) is 9.42. The number of phenolic OH excluding ortho intramolecular Hbond substituents is 2. The molecule has 0 aromatic heterocycles. The molecule has 0 spiro atoms. The molecule has 3 atom stereocenters. The van der Waals surface area contributed by atoms with Gasteiger partial charge in [0.2, 0.25) is 11.8 Å². The number of phenols is 2. The van der Waals surface area contributed by atoms with Gasteiger partial charge in [-0.05, 0) is 37.0 Å². The van der Waals surface area contributed by atoms with Crippen molar-refractivity contribution in [2.75, 3.05) is 6.54 Å². The fraction of sp³-hybridized carbons (Fsp3) is 0.474. The van der Waals surface area contributed by atoms with E-state index in [2.05, 4.69) is 5.32 Å². The number of likely N-dealkylation sites (tertiary alicyclic amines) is 1. The minimum atomic E-state index is -1.18. The van der Waals surface area contributed by atoms with Gasteiger partial charge in [0.05, 0.1) is 6.04 Å². The van der Waals surface area contributed by atoms with Crippen molar-refractivity contribution in [1.82, 2.24) is 10.2 Å². The Hall–Kier alpha value is -3.34. The molecule has 2 amide bonds. The summed E-state index contributed by atoms with van der Waals surface area (Å²) in [7, 11) is 0. The highest BCUT2D eigenvalue weighted by Gasteiger charge is 2.38. The molecule has 1 aliphatic heterocycles. The number of carboxylic acid groups (broad SMARTS) is 2. The van der Waals surface area contributed by atoms with Crippen molar-refractivity contribution in [3.63, 3.8) is 0 Å². The molecule has 2 rings (SSSR count). The van der Waals surface area contributed by atoms with Crippen LogP contribution in [0.4, 0.5) is 0 Å². The summed E-state index contributed by atoms with van der Waals surface area (Å²) in [6.45, 7) is 0.216. The number of benzene rings is 1. The molecule has 1 fully saturated rings. The van der Waals surface area contributed by atoms with Crippen LogP contribution in [0.3, 0.4) is 0 Å². The molecular weight excluding hydrogens is 398 g/mol. The average Bonchev–Trinajstić information content (AvgIpc) is 3.17. The van der Waals surface area contributed by atoms with E-state index in [-0.39, 0.29) is 31.6 Å². The number of aromatic hydroxyl groups is 2. The second-order valence-corrected chi connectivity index (χ2v) is 7.16. The van der Waals surface area contributed by atoms with Crippen LogP contribution in [-0.4, -0.2) is 73.7 Å². The van der Waals surface area contributed by atoms with E-state index in [1.807, 2.05) is 0 Å². The number of nitrogens with zero attached hydrogens (tertiary/aromatic N) is 1. The molecule has 0 aliphatic carbocycles. The van der Waals surface area contributed by atoms with Crippen LogP contribution in [0, 0.1) is 0 Å². The summed E-state index contributed by atoms with van der Waals surface area (Å²) in [5, 5.41) is 39.7. The van der Waals surface area contributed by atoms with E-state index in [1.54, 1.807) is 0 Å². The summed E-state index contributed by atoms with van der Waals surface area (Å²) in [4.78, 5) is 48.8. The van der Waals surface area contributed by atoms with Crippen molar-refractivity contribution in [2.45, 2.75) is 50.2 Å². The van der Waals surface area contributed by atoms with Gasteiger partial charge in [-0.2, -0.15) is 0 Å². The Labute approximate surface area is 172 Å². The number of carboxylic acids is 2. The van der Waals surface area contributed by atoms with Crippen LogP contribution in [-0.2, 0) is 25.6 Å². The van der Waals surface area contributed by atoms with Gasteiger partial charge in [0.1, 0.15) is 12.1 Å². The number of carbonyl (C=O) groups is 4. The van der Waals surface area contributed by atoms with E-state index in [0.29, 0.717) is 18.4 Å². The van der Waals surface area contributed by atoms with E-state index in [0.717, 1.165) is 0 Å². The molecule has 30 heavy (non-hydrogen) atoms. The normalized spacial score (nSPS) is 17.9. The highest BCUT2D eigenvalue weighted by Crippen LogP contribution is 2.26. The van der Waals surface area contributed by atoms with Crippen LogP contribution in [0.5, 0.6) is 11.5 Å². The van der Waals surface area contributed by atoms with Gasteiger partial charge in [-0.25, -0.2) is 4.79 Å². The lowest BCUT2D eigenvalue weighted by Gasteiger charge is -2.28. The van der Waals surface area contributed by atoms with Crippen molar-refractivity contribution in [2.24, 2.45) is 5.73 Å². The number of nitrogens with one attached hydrogen (secondary N) is 1. The smallest absolute Gasteiger partial charge is 0.326 e. The van der Waals surface area contributed by atoms with Crippen LogP contribution < -0.4 is 11.1 Å². The lowest BCUT2D eigenvalue weighted by Crippen LogP contribution is -2.55. The Kier molecular flexibility index (Phi) is 7.59. The number of rotatable bonds is 9. The van der Waals surface area contributed by atoms with Crippen molar-refractivity contribution in [1.29, 1.82) is 0 Å². The van der Waals surface area contributed by atoms with Crippen molar-refractivity contribution < 1.29 is 39.6 Å². The number of hydrogen-bond acceptors (Lipinski definition) is 7. The summed E-state index contributed by atoms with van der Waals surface area (Å²) in [5.74, 6) is -4.40. The molecule has 1 heterocycles. The van der Waals surface area contributed by atoms with Gasteiger partial charge in [0, 0.05) is 19.4 Å². The van der Waals surface area contributed by atoms with Gasteiger partial charge in [-0.3, -0.25) is 14.4 Å². The zero-order chi connectivity index (χ0) is 22.4. The molecule has 164 valence electrons. The first kappa shape index (κ1) is 22.9. The Balaban J connectivity index is 2.21. The summed E-state index contributed by atoms with van der Waals surface area (Å²) in [6.07, 6.45) is 0.240. The molecule has 1 aromatic rings. The maximum Gasteiger partial charge on any atom is 0.326 e. The maximum absolute atomic E-state index is 13.0. The fourth-order valence-corrected chi connectivity index (χ4v) is 3.31. The Morgan fingerprint density at radius 1 is 1.17 bits per heavy atom. The summed E-state index contributed by atoms with van der Waals surface area (Å²) >= 11 is 0. The first-order valence-corrected chi connectivity index (χ1v) is 9.42. The standard InChI is InChI=1S/C19H25N3O8/c20-11(4-6-16(25)26)17(27)21-12(8-10-3-5-14(23)15(24)9-10)18(28)22-7-1-2-13(22)19(29)30/h3,5,9,11-13,23-24H,1-2,4,6-8,20H2,(H,21,27)(H,25,26)(H,29,30)/t11-,12-,13-/m0/s1. The quantitative estimate of drug-likeness (QED) is 0.281. The molecule has 0 unspecified atom stereocenters. The highest BCUT2D eigenvalue weighted by atomic mass is 16.4. The zero-order valence-electron chi connectivity index (χ0n) is 16.2. The van der Waals surface area contributed by atoms with Crippen LogP contribution >= 0.6 is 0 Å². The van der Waals surface area contributed by atoms with Crippen molar-refractivity contribution in [3.05, 3.63) is 23.8 Å². The third-order valence-electron chi connectivity index (χ3n) is 4.92.